The van der Waals surface area contributed by atoms with E-state index >= 15 is 0 Å². The first-order valence-electron chi connectivity index (χ1n) is 6.50. The van der Waals surface area contributed by atoms with Crippen molar-refractivity contribution in [1.82, 2.24) is 10.1 Å². The molecule has 0 N–H and O–H groups in total. The van der Waals surface area contributed by atoms with Gasteiger partial charge in [0.25, 0.3) is 0 Å². The van der Waals surface area contributed by atoms with E-state index in [2.05, 4.69) is 26.1 Å². The van der Waals surface area contributed by atoms with Crippen LogP contribution in [0.2, 0.25) is 0 Å². The van der Waals surface area contributed by atoms with Crippen molar-refractivity contribution in [1.29, 1.82) is 0 Å². The topological polar surface area (TPSA) is 56.0 Å². The van der Waals surface area contributed by atoms with E-state index in [4.69, 9.17) is 4.52 Å². The molecule has 1 aromatic carbocycles. The van der Waals surface area contributed by atoms with Crippen LogP contribution in [0.5, 0.6) is 0 Å². The Morgan fingerprint density at radius 3 is 2.60 bits per heavy atom. The molecule has 4 nitrogen and oxygen atoms in total. The van der Waals surface area contributed by atoms with E-state index < -0.39 is 0 Å². The van der Waals surface area contributed by atoms with Crippen LogP contribution in [-0.2, 0) is 4.79 Å². The summed E-state index contributed by atoms with van der Waals surface area (Å²) < 4.78 is 6.27. The van der Waals surface area contributed by atoms with E-state index in [1.165, 1.54) is 0 Å². The zero-order valence-electron chi connectivity index (χ0n) is 12.0. The van der Waals surface area contributed by atoms with Gasteiger partial charge in [0.15, 0.2) is 0 Å². The third-order valence-corrected chi connectivity index (χ3v) is 4.10. The normalized spacial score (nSPS) is 12.7. The molecular weight excluding hydrogens is 320 g/mol. The summed E-state index contributed by atoms with van der Waals surface area (Å²) in [6.07, 6.45) is 0. The van der Waals surface area contributed by atoms with Gasteiger partial charge >= 0.3 is 0 Å². The summed E-state index contributed by atoms with van der Waals surface area (Å²) in [5.74, 6) is 0.725. The number of rotatable bonds is 4. The fourth-order valence-electron chi connectivity index (χ4n) is 2.14. The van der Waals surface area contributed by atoms with Crippen molar-refractivity contribution in [3.05, 3.63) is 34.1 Å². The molecule has 1 heterocycles. The molecule has 0 amide bonds. The molecule has 2 rings (SSSR count). The van der Waals surface area contributed by atoms with E-state index in [1.807, 2.05) is 39.0 Å². The lowest BCUT2D eigenvalue weighted by Gasteiger charge is -2.12. The van der Waals surface area contributed by atoms with Gasteiger partial charge in [-0.05, 0) is 31.4 Å². The van der Waals surface area contributed by atoms with Crippen molar-refractivity contribution in [3.63, 3.8) is 0 Å². The maximum Gasteiger partial charge on any atom is 0.237 e. The first-order chi connectivity index (χ1) is 9.40. The molecule has 0 radical (unpaired) electrons. The van der Waals surface area contributed by atoms with Gasteiger partial charge in [0.05, 0.1) is 5.92 Å². The first-order valence-corrected chi connectivity index (χ1v) is 7.30. The largest absolute Gasteiger partial charge is 0.338 e. The van der Waals surface area contributed by atoms with Crippen molar-refractivity contribution in [3.8, 4) is 11.4 Å². The molecule has 0 fully saturated rings. The van der Waals surface area contributed by atoms with Gasteiger partial charge in [-0.3, -0.25) is 4.79 Å². The Hall–Kier alpha value is -1.49. The highest BCUT2D eigenvalue weighted by Gasteiger charge is 2.27. The summed E-state index contributed by atoms with van der Waals surface area (Å²) >= 11 is 3.49. The predicted molar refractivity (Wildman–Crippen MR) is 80.4 cm³/mol. The Kier molecular flexibility index (Phi) is 4.38. The minimum Gasteiger partial charge on any atom is -0.338 e. The minimum absolute atomic E-state index is 0.0419. The molecule has 1 atom stereocenters. The molecule has 0 aliphatic rings. The molecule has 0 bridgehead atoms. The minimum atomic E-state index is -0.342. The molecule has 1 aromatic heterocycles. The van der Waals surface area contributed by atoms with Crippen LogP contribution >= 0.6 is 15.9 Å². The number of Topliss-reactive ketones (excluding diaryl/α,β-unsaturated/α-hetero) is 1. The SMILES string of the molecule is CC(=O)C(c1nc(-c2ccc(C)c(Br)c2)no1)C(C)C. The summed E-state index contributed by atoms with van der Waals surface area (Å²) in [7, 11) is 0. The van der Waals surface area contributed by atoms with E-state index in [0.717, 1.165) is 15.6 Å². The summed E-state index contributed by atoms with van der Waals surface area (Å²) in [4.78, 5) is 16.1. The quantitative estimate of drug-likeness (QED) is 0.841. The van der Waals surface area contributed by atoms with Crippen LogP contribution in [0.4, 0.5) is 0 Å². The number of hydrogen-bond donors (Lipinski definition) is 0. The van der Waals surface area contributed by atoms with Gasteiger partial charge in [0, 0.05) is 10.0 Å². The van der Waals surface area contributed by atoms with Gasteiger partial charge in [-0.2, -0.15) is 4.98 Å². The van der Waals surface area contributed by atoms with Gasteiger partial charge < -0.3 is 4.52 Å². The molecule has 0 spiro atoms. The monoisotopic (exact) mass is 336 g/mol. The van der Waals surface area contributed by atoms with Gasteiger partial charge in [0.1, 0.15) is 5.78 Å². The van der Waals surface area contributed by atoms with Crippen LogP contribution in [0.1, 0.15) is 38.1 Å². The molecule has 20 heavy (non-hydrogen) atoms. The molecule has 1 unspecified atom stereocenters. The second-order valence-corrected chi connectivity index (χ2v) is 6.11. The van der Waals surface area contributed by atoms with Gasteiger partial charge in [-0.1, -0.05) is 47.1 Å². The molecule has 5 heteroatoms. The van der Waals surface area contributed by atoms with Gasteiger partial charge in [-0.15, -0.1) is 0 Å². The number of aromatic nitrogens is 2. The lowest BCUT2D eigenvalue weighted by Crippen LogP contribution is -2.15. The van der Waals surface area contributed by atoms with Gasteiger partial charge in [-0.25, -0.2) is 0 Å². The van der Waals surface area contributed by atoms with Crippen LogP contribution in [0.15, 0.2) is 27.2 Å². The van der Waals surface area contributed by atoms with Crippen molar-refractivity contribution >= 4 is 21.7 Å². The molecular formula is C15H17BrN2O2. The van der Waals surface area contributed by atoms with Crippen molar-refractivity contribution in [2.75, 3.05) is 0 Å². The van der Waals surface area contributed by atoms with Crippen LogP contribution in [0, 0.1) is 12.8 Å². The predicted octanol–water partition coefficient (Wildman–Crippen LogP) is 4.14. The molecule has 0 aliphatic heterocycles. The first kappa shape index (κ1) is 14.9. The number of ketones is 1. The number of benzene rings is 1. The van der Waals surface area contributed by atoms with Gasteiger partial charge in [0.2, 0.25) is 11.7 Å². The number of nitrogens with zero attached hydrogens (tertiary/aromatic N) is 2. The Labute approximate surface area is 126 Å². The Balaban J connectivity index is 2.37. The Morgan fingerprint density at radius 2 is 2.05 bits per heavy atom. The lowest BCUT2D eigenvalue weighted by atomic mass is 9.92. The number of carbonyl (C=O) groups excluding carboxylic acids is 1. The smallest absolute Gasteiger partial charge is 0.237 e. The number of aryl methyl sites for hydroxylation is 1. The van der Waals surface area contributed by atoms with Crippen LogP contribution in [-0.4, -0.2) is 15.9 Å². The van der Waals surface area contributed by atoms with Crippen LogP contribution in [0.25, 0.3) is 11.4 Å². The highest BCUT2D eigenvalue weighted by Crippen LogP contribution is 2.28. The Morgan fingerprint density at radius 1 is 1.35 bits per heavy atom. The fraction of sp³-hybridized carbons (Fsp3) is 0.400. The summed E-state index contributed by atoms with van der Waals surface area (Å²) in [6, 6.07) is 5.87. The second kappa shape index (κ2) is 5.87. The Bertz CT molecular complexity index is 635. The zero-order chi connectivity index (χ0) is 14.9. The summed E-state index contributed by atoms with van der Waals surface area (Å²) in [5.41, 5.74) is 2.00. The van der Waals surface area contributed by atoms with Crippen molar-refractivity contribution < 1.29 is 9.32 Å². The van der Waals surface area contributed by atoms with E-state index in [-0.39, 0.29) is 17.6 Å². The highest BCUT2D eigenvalue weighted by molar-refractivity contribution is 9.10. The molecule has 0 saturated heterocycles. The number of carbonyl (C=O) groups is 1. The standard InChI is InChI=1S/C15H17BrN2O2/c1-8(2)13(10(4)19)15-17-14(18-20-15)11-6-5-9(3)12(16)7-11/h5-8,13H,1-4H3. The van der Waals surface area contributed by atoms with Crippen LogP contribution in [0.3, 0.4) is 0 Å². The molecule has 0 saturated carbocycles. The average molecular weight is 337 g/mol. The maximum atomic E-state index is 11.7. The third-order valence-electron chi connectivity index (χ3n) is 3.24. The highest BCUT2D eigenvalue weighted by atomic mass is 79.9. The molecule has 2 aromatic rings. The summed E-state index contributed by atoms with van der Waals surface area (Å²) in [5, 5.41) is 3.98. The lowest BCUT2D eigenvalue weighted by molar-refractivity contribution is -0.119. The van der Waals surface area contributed by atoms with E-state index in [1.54, 1.807) is 6.92 Å². The van der Waals surface area contributed by atoms with Crippen molar-refractivity contribution in [2.24, 2.45) is 5.92 Å². The molecule has 106 valence electrons. The number of halogens is 1. The second-order valence-electron chi connectivity index (χ2n) is 5.25. The molecule has 0 aliphatic carbocycles. The van der Waals surface area contributed by atoms with E-state index in [0.29, 0.717) is 11.7 Å². The van der Waals surface area contributed by atoms with E-state index in [9.17, 15) is 4.79 Å². The van der Waals surface area contributed by atoms with Crippen LogP contribution < -0.4 is 0 Å². The summed E-state index contributed by atoms with van der Waals surface area (Å²) in [6.45, 7) is 7.51. The third kappa shape index (κ3) is 2.98. The fourth-order valence-corrected chi connectivity index (χ4v) is 2.52. The average Bonchev–Trinajstić information content (AvgIpc) is 2.81. The van der Waals surface area contributed by atoms with Crippen molar-refractivity contribution in [2.45, 2.75) is 33.6 Å². The number of hydrogen-bond acceptors (Lipinski definition) is 4. The maximum absolute atomic E-state index is 11.7. The zero-order valence-corrected chi connectivity index (χ0v) is 13.6.